The number of carbonyl (C=O) groups is 1. The van der Waals surface area contributed by atoms with Gasteiger partial charge in [0.25, 0.3) is 5.91 Å². The highest BCUT2D eigenvalue weighted by molar-refractivity contribution is 7.89. The molecule has 1 amide bonds. The molecule has 3 heterocycles. The van der Waals surface area contributed by atoms with Crippen LogP contribution in [-0.4, -0.2) is 61.9 Å². The van der Waals surface area contributed by atoms with Crippen molar-refractivity contribution in [2.75, 3.05) is 33.4 Å². The lowest BCUT2D eigenvalue weighted by Crippen LogP contribution is -2.37. The summed E-state index contributed by atoms with van der Waals surface area (Å²) in [7, 11) is -2.04. The van der Waals surface area contributed by atoms with Crippen molar-refractivity contribution in [1.82, 2.24) is 19.6 Å². The number of nitrogens with one attached hydrogen (secondary N) is 1. The molecule has 0 spiro atoms. The average molecular weight is 483 g/mol. The van der Waals surface area contributed by atoms with E-state index >= 15 is 0 Å². The third kappa shape index (κ3) is 5.27. The summed E-state index contributed by atoms with van der Waals surface area (Å²) in [6.07, 6.45) is 5.72. The molecule has 1 saturated heterocycles. The van der Waals surface area contributed by atoms with E-state index in [4.69, 9.17) is 9.72 Å². The number of hydrogen-bond donors (Lipinski definition) is 1. The lowest BCUT2D eigenvalue weighted by atomic mass is 10.0. The number of carbonyl (C=O) groups excluding carboxylic acids is 1. The van der Waals surface area contributed by atoms with Crippen molar-refractivity contribution in [2.45, 2.75) is 31.1 Å². The van der Waals surface area contributed by atoms with E-state index in [1.807, 2.05) is 6.07 Å². The fourth-order valence-corrected chi connectivity index (χ4v) is 5.60. The number of hydrogen-bond acceptors (Lipinski definition) is 6. The van der Waals surface area contributed by atoms with E-state index in [0.717, 1.165) is 18.4 Å². The van der Waals surface area contributed by atoms with Crippen LogP contribution < -0.4 is 5.32 Å². The summed E-state index contributed by atoms with van der Waals surface area (Å²) in [6, 6.07) is 10.2. The van der Waals surface area contributed by atoms with E-state index in [0.29, 0.717) is 60.7 Å². The fourth-order valence-electron chi connectivity index (χ4n) is 4.10. The van der Waals surface area contributed by atoms with E-state index in [-0.39, 0.29) is 10.8 Å². The lowest BCUT2D eigenvalue weighted by Gasteiger charge is -2.29. The molecule has 34 heavy (non-hydrogen) atoms. The van der Waals surface area contributed by atoms with Gasteiger partial charge in [-0.05, 0) is 61.6 Å². The van der Waals surface area contributed by atoms with Crippen molar-refractivity contribution in [2.24, 2.45) is 5.92 Å². The van der Waals surface area contributed by atoms with Crippen LogP contribution in [0.5, 0.6) is 0 Å². The summed E-state index contributed by atoms with van der Waals surface area (Å²) in [4.78, 5) is 22.2. The molecule has 1 aliphatic heterocycles. The Morgan fingerprint density at radius 2 is 2.00 bits per heavy atom. The topological polar surface area (TPSA) is 101 Å². The Labute approximate surface area is 200 Å². The third-order valence-corrected chi connectivity index (χ3v) is 8.07. The number of piperidine rings is 1. The van der Waals surface area contributed by atoms with E-state index in [1.54, 1.807) is 49.8 Å². The lowest BCUT2D eigenvalue weighted by molar-refractivity contribution is 0.0950. The molecule has 1 fully saturated rings. The first-order valence-electron chi connectivity index (χ1n) is 11.5. The Morgan fingerprint density at radius 3 is 2.71 bits per heavy atom. The first kappa shape index (κ1) is 24.3. The van der Waals surface area contributed by atoms with Crippen molar-refractivity contribution in [3.05, 3.63) is 54.4 Å². The summed E-state index contributed by atoms with van der Waals surface area (Å²) in [5.74, 6) is 0.238. The summed E-state index contributed by atoms with van der Waals surface area (Å²) in [5, 5.41) is 3.41. The standard InChI is InChI=1S/C25H30N4O4S/c1-18-8-12-29(13-9-18)34(31,32)20-6-7-23-21(15-20)22(25(30)27-11-4-14-33-2)16-24(28-23)19-5-3-10-26-17-19/h3,5-7,10,15-18H,4,8-9,11-14H2,1-2H3,(H,27,30). The molecule has 0 saturated carbocycles. The number of sulfonamides is 1. The first-order valence-corrected chi connectivity index (χ1v) is 13.0. The minimum absolute atomic E-state index is 0.180. The molecule has 8 nitrogen and oxygen atoms in total. The largest absolute Gasteiger partial charge is 0.385 e. The molecule has 1 N–H and O–H groups in total. The number of ether oxygens (including phenoxy) is 1. The van der Waals surface area contributed by atoms with Gasteiger partial charge in [-0.2, -0.15) is 4.31 Å². The SMILES string of the molecule is COCCCNC(=O)c1cc(-c2cccnc2)nc2ccc(S(=O)(=O)N3CCC(C)CC3)cc12. The molecule has 0 aliphatic carbocycles. The smallest absolute Gasteiger partial charge is 0.252 e. The second-order valence-electron chi connectivity index (χ2n) is 8.66. The summed E-state index contributed by atoms with van der Waals surface area (Å²) >= 11 is 0. The summed E-state index contributed by atoms with van der Waals surface area (Å²) < 4.78 is 33.3. The number of amides is 1. The van der Waals surface area contributed by atoms with Crippen LogP contribution in [0, 0.1) is 5.92 Å². The number of fused-ring (bicyclic) bond motifs is 1. The van der Waals surface area contributed by atoms with Crippen LogP contribution in [-0.2, 0) is 14.8 Å². The van der Waals surface area contributed by atoms with Crippen molar-refractivity contribution >= 4 is 26.8 Å². The average Bonchev–Trinajstić information content (AvgIpc) is 2.86. The second kappa shape index (κ2) is 10.6. The van der Waals surface area contributed by atoms with Gasteiger partial charge >= 0.3 is 0 Å². The van der Waals surface area contributed by atoms with Crippen LogP contribution in [0.4, 0.5) is 0 Å². The number of pyridine rings is 2. The molecular formula is C25H30N4O4S. The molecule has 0 radical (unpaired) electrons. The number of nitrogens with zero attached hydrogens (tertiary/aromatic N) is 3. The molecule has 0 unspecified atom stereocenters. The molecule has 1 aliphatic rings. The van der Waals surface area contributed by atoms with Gasteiger partial charge in [0.1, 0.15) is 0 Å². The van der Waals surface area contributed by atoms with Gasteiger partial charge in [0.2, 0.25) is 10.0 Å². The number of methoxy groups -OCH3 is 1. The predicted octanol–water partition coefficient (Wildman–Crippen LogP) is 3.48. The minimum Gasteiger partial charge on any atom is -0.385 e. The van der Waals surface area contributed by atoms with Gasteiger partial charge in [0.15, 0.2) is 0 Å². The molecule has 2 aromatic heterocycles. The van der Waals surface area contributed by atoms with Crippen molar-refractivity contribution in [1.29, 1.82) is 0 Å². The molecule has 1 aromatic carbocycles. The predicted molar refractivity (Wildman–Crippen MR) is 131 cm³/mol. The zero-order valence-corrected chi connectivity index (χ0v) is 20.3. The zero-order chi connectivity index (χ0) is 24.1. The quantitative estimate of drug-likeness (QED) is 0.493. The first-order chi connectivity index (χ1) is 16.4. The van der Waals surface area contributed by atoms with Crippen LogP contribution in [0.15, 0.2) is 53.7 Å². The fraction of sp³-hybridized carbons (Fsp3) is 0.400. The Balaban J connectivity index is 1.75. The number of aromatic nitrogens is 2. The highest BCUT2D eigenvalue weighted by Crippen LogP contribution is 2.29. The van der Waals surface area contributed by atoms with Crippen molar-refractivity contribution in [3.8, 4) is 11.3 Å². The maximum Gasteiger partial charge on any atom is 0.252 e. The Bertz CT molecular complexity index is 1260. The van der Waals surface area contributed by atoms with Crippen LogP contribution >= 0.6 is 0 Å². The molecule has 9 heteroatoms. The maximum atomic E-state index is 13.3. The molecular weight excluding hydrogens is 452 g/mol. The van der Waals surface area contributed by atoms with Crippen LogP contribution in [0.3, 0.4) is 0 Å². The zero-order valence-electron chi connectivity index (χ0n) is 19.5. The maximum absolute atomic E-state index is 13.3. The van der Waals surface area contributed by atoms with E-state index < -0.39 is 10.0 Å². The van der Waals surface area contributed by atoms with Crippen molar-refractivity contribution in [3.63, 3.8) is 0 Å². The van der Waals surface area contributed by atoms with Gasteiger partial charge in [0.05, 0.1) is 21.7 Å². The van der Waals surface area contributed by atoms with Gasteiger partial charge in [-0.15, -0.1) is 0 Å². The number of benzene rings is 1. The van der Waals surface area contributed by atoms with Crippen molar-refractivity contribution < 1.29 is 17.9 Å². The Hall–Kier alpha value is -2.88. The minimum atomic E-state index is -3.66. The summed E-state index contributed by atoms with van der Waals surface area (Å²) in [6.45, 7) is 4.14. The third-order valence-electron chi connectivity index (χ3n) is 6.17. The van der Waals surface area contributed by atoms with Crippen LogP contribution in [0.1, 0.15) is 36.5 Å². The number of rotatable bonds is 8. The Morgan fingerprint density at radius 1 is 1.21 bits per heavy atom. The van der Waals surface area contributed by atoms with E-state index in [2.05, 4.69) is 17.2 Å². The highest BCUT2D eigenvalue weighted by atomic mass is 32.2. The molecule has 4 rings (SSSR count). The van der Waals surface area contributed by atoms with Gasteiger partial charge in [-0.25, -0.2) is 13.4 Å². The normalized spacial score (nSPS) is 15.5. The van der Waals surface area contributed by atoms with Crippen LogP contribution in [0.25, 0.3) is 22.2 Å². The Kier molecular flexibility index (Phi) is 7.55. The van der Waals surface area contributed by atoms with Gasteiger partial charge in [-0.3, -0.25) is 9.78 Å². The van der Waals surface area contributed by atoms with E-state index in [1.165, 1.54) is 4.31 Å². The summed E-state index contributed by atoms with van der Waals surface area (Å²) in [5.41, 5.74) is 2.31. The molecule has 0 bridgehead atoms. The van der Waals surface area contributed by atoms with Gasteiger partial charge in [-0.1, -0.05) is 6.92 Å². The monoisotopic (exact) mass is 482 g/mol. The van der Waals surface area contributed by atoms with Gasteiger partial charge in [0, 0.05) is 56.7 Å². The highest BCUT2D eigenvalue weighted by Gasteiger charge is 2.28. The van der Waals surface area contributed by atoms with Crippen LogP contribution in [0.2, 0.25) is 0 Å². The van der Waals surface area contributed by atoms with E-state index in [9.17, 15) is 13.2 Å². The molecule has 0 atom stereocenters. The molecule has 3 aromatic rings. The second-order valence-corrected chi connectivity index (χ2v) is 10.6. The molecule has 180 valence electrons. The van der Waals surface area contributed by atoms with Gasteiger partial charge < -0.3 is 10.1 Å².